The Hall–Kier alpha value is -1.69. The Morgan fingerprint density at radius 3 is 2.88 bits per heavy atom. The number of nitrogens with zero attached hydrogens (tertiary/aromatic N) is 3. The zero-order valence-electron chi connectivity index (χ0n) is 8.67. The quantitative estimate of drug-likeness (QED) is 0.854. The summed E-state index contributed by atoms with van der Waals surface area (Å²) in [7, 11) is 1.65. The summed E-state index contributed by atoms with van der Waals surface area (Å²) >= 11 is 1.64. The minimum atomic E-state index is 0.836. The number of benzene rings is 1. The van der Waals surface area contributed by atoms with Crippen molar-refractivity contribution in [2.45, 2.75) is 5.16 Å². The summed E-state index contributed by atoms with van der Waals surface area (Å²) in [5, 5.41) is 9.16. The molecule has 6 heteroatoms. The van der Waals surface area contributed by atoms with Crippen LogP contribution in [0.3, 0.4) is 0 Å². The van der Waals surface area contributed by atoms with E-state index in [1.54, 1.807) is 18.9 Å². The molecule has 1 N–H and O–H groups in total. The molecule has 0 fully saturated rings. The van der Waals surface area contributed by atoms with Gasteiger partial charge < -0.3 is 10.2 Å². The van der Waals surface area contributed by atoms with Crippen molar-refractivity contribution in [3.8, 4) is 17.1 Å². The maximum absolute atomic E-state index is 5.12. The predicted molar refractivity (Wildman–Crippen MR) is 62.1 cm³/mol. The van der Waals surface area contributed by atoms with Gasteiger partial charge in [0.15, 0.2) is 5.82 Å². The third-order valence-electron chi connectivity index (χ3n) is 2.41. The van der Waals surface area contributed by atoms with E-state index in [9.17, 15) is 0 Å². The van der Waals surface area contributed by atoms with E-state index < -0.39 is 0 Å². The number of fused-ring (bicyclic) bond motifs is 1. The molecule has 2 aromatic rings. The molecule has 0 radical (unpaired) electrons. The second-order valence-electron chi connectivity index (χ2n) is 3.32. The number of thioether (sulfide) groups is 1. The molecule has 1 aromatic carbocycles. The van der Waals surface area contributed by atoms with Crippen LogP contribution in [0, 0.1) is 0 Å². The Balaban J connectivity index is 2.01. The number of ether oxygens (including phenoxy) is 1. The number of nitrogens with one attached hydrogen (secondary N) is 1. The van der Waals surface area contributed by atoms with Crippen LogP contribution in [0.25, 0.3) is 11.4 Å². The molecule has 0 saturated heterocycles. The van der Waals surface area contributed by atoms with Crippen molar-refractivity contribution < 1.29 is 4.74 Å². The first-order chi connectivity index (χ1) is 7.88. The van der Waals surface area contributed by atoms with Crippen molar-refractivity contribution in [3.05, 3.63) is 24.3 Å². The molecule has 0 spiro atoms. The zero-order chi connectivity index (χ0) is 11.0. The Labute approximate surface area is 96.8 Å². The maximum atomic E-state index is 5.12. The predicted octanol–water partition coefficient (Wildman–Crippen LogP) is 1.56. The Morgan fingerprint density at radius 2 is 2.12 bits per heavy atom. The van der Waals surface area contributed by atoms with Crippen molar-refractivity contribution in [2.24, 2.45) is 0 Å². The van der Waals surface area contributed by atoms with Crippen LogP contribution in [0.5, 0.6) is 5.75 Å². The van der Waals surface area contributed by atoms with Gasteiger partial charge >= 0.3 is 0 Å². The molecule has 2 heterocycles. The summed E-state index contributed by atoms with van der Waals surface area (Å²) in [6.45, 7) is 0. The molecular formula is C10H10N4OS. The van der Waals surface area contributed by atoms with E-state index in [1.807, 2.05) is 28.9 Å². The Kier molecular flexibility index (Phi) is 2.21. The van der Waals surface area contributed by atoms with Crippen LogP contribution in [0.15, 0.2) is 29.4 Å². The molecule has 1 aliphatic heterocycles. The van der Waals surface area contributed by atoms with Crippen molar-refractivity contribution >= 4 is 11.8 Å². The van der Waals surface area contributed by atoms with E-state index in [4.69, 9.17) is 4.74 Å². The van der Waals surface area contributed by atoms with Crippen LogP contribution in [0.4, 0.5) is 0 Å². The van der Waals surface area contributed by atoms with Gasteiger partial charge in [-0.2, -0.15) is 0 Å². The van der Waals surface area contributed by atoms with Crippen molar-refractivity contribution in [2.75, 3.05) is 18.4 Å². The minimum absolute atomic E-state index is 0.836. The van der Waals surface area contributed by atoms with Crippen LogP contribution in [-0.2, 0) is 0 Å². The number of rotatable bonds is 2. The second kappa shape index (κ2) is 3.71. The highest BCUT2D eigenvalue weighted by molar-refractivity contribution is 7.99. The van der Waals surface area contributed by atoms with E-state index in [0.29, 0.717) is 0 Å². The molecule has 0 unspecified atom stereocenters. The smallest absolute Gasteiger partial charge is 0.212 e. The first kappa shape index (κ1) is 9.53. The molecule has 82 valence electrons. The van der Waals surface area contributed by atoms with Crippen molar-refractivity contribution in [1.29, 1.82) is 0 Å². The van der Waals surface area contributed by atoms with E-state index in [1.165, 1.54) is 0 Å². The van der Waals surface area contributed by atoms with E-state index in [0.717, 1.165) is 28.2 Å². The lowest BCUT2D eigenvalue weighted by atomic mass is 10.2. The molecule has 1 aromatic heterocycles. The molecule has 0 atom stereocenters. The van der Waals surface area contributed by atoms with Gasteiger partial charge in [-0.15, -0.1) is 10.2 Å². The summed E-state index contributed by atoms with van der Waals surface area (Å²) < 4.78 is 7.03. The average Bonchev–Trinajstić information content (AvgIpc) is 2.91. The number of hydrogen-bond donors (Lipinski definition) is 1. The monoisotopic (exact) mass is 234 g/mol. The highest BCUT2D eigenvalue weighted by Gasteiger charge is 2.18. The van der Waals surface area contributed by atoms with Gasteiger partial charge in [0.1, 0.15) is 5.75 Å². The van der Waals surface area contributed by atoms with Gasteiger partial charge in [0.05, 0.1) is 13.0 Å². The van der Waals surface area contributed by atoms with Crippen LogP contribution in [0.2, 0.25) is 0 Å². The number of methoxy groups -OCH3 is 1. The van der Waals surface area contributed by atoms with Crippen LogP contribution in [-0.4, -0.2) is 27.9 Å². The lowest BCUT2D eigenvalue weighted by molar-refractivity contribution is 0.415. The lowest BCUT2D eigenvalue weighted by Gasteiger charge is -2.04. The molecule has 1 aliphatic rings. The van der Waals surface area contributed by atoms with Gasteiger partial charge in [-0.3, -0.25) is 0 Å². The highest BCUT2D eigenvalue weighted by atomic mass is 32.2. The SMILES string of the molecule is COc1ccc(-c2nnc3n2NCS3)cc1. The lowest BCUT2D eigenvalue weighted by Crippen LogP contribution is -2.09. The third kappa shape index (κ3) is 1.42. The first-order valence-electron chi connectivity index (χ1n) is 4.85. The standard InChI is InChI=1S/C10H10N4OS/c1-15-8-4-2-7(3-5-8)9-12-13-10-14(9)11-6-16-10/h2-5,11H,6H2,1H3. The van der Waals surface area contributed by atoms with Crippen LogP contribution >= 0.6 is 11.8 Å². The molecule has 16 heavy (non-hydrogen) atoms. The van der Waals surface area contributed by atoms with Gasteiger partial charge in [-0.05, 0) is 24.3 Å². The molecule has 0 amide bonds. The van der Waals surface area contributed by atoms with Gasteiger partial charge in [0, 0.05) is 5.56 Å². The fraction of sp³-hybridized carbons (Fsp3) is 0.200. The summed E-state index contributed by atoms with van der Waals surface area (Å²) in [6, 6.07) is 7.78. The third-order valence-corrected chi connectivity index (χ3v) is 3.20. The Bertz CT molecular complexity index is 508. The molecule has 0 bridgehead atoms. The summed E-state index contributed by atoms with van der Waals surface area (Å²) in [5.74, 6) is 2.52. The van der Waals surface area contributed by atoms with E-state index >= 15 is 0 Å². The molecule has 3 rings (SSSR count). The van der Waals surface area contributed by atoms with Crippen LogP contribution in [0.1, 0.15) is 0 Å². The fourth-order valence-electron chi connectivity index (χ4n) is 1.59. The van der Waals surface area contributed by atoms with Gasteiger partial charge in [0.2, 0.25) is 5.16 Å². The summed E-state index contributed by atoms with van der Waals surface area (Å²) in [4.78, 5) is 0. The molecular weight excluding hydrogens is 224 g/mol. The first-order valence-corrected chi connectivity index (χ1v) is 5.83. The fourth-order valence-corrected chi connectivity index (χ4v) is 2.30. The van der Waals surface area contributed by atoms with Crippen molar-refractivity contribution in [3.63, 3.8) is 0 Å². The van der Waals surface area contributed by atoms with Gasteiger partial charge in [0.25, 0.3) is 0 Å². The van der Waals surface area contributed by atoms with Crippen LogP contribution < -0.4 is 10.2 Å². The van der Waals surface area contributed by atoms with E-state index in [2.05, 4.69) is 15.6 Å². The number of aromatic nitrogens is 3. The van der Waals surface area contributed by atoms with Gasteiger partial charge in [-0.25, -0.2) is 4.68 Å². The van der Waals surface area contributed by atoms with E-state index in [-0.39, 0.29) is 0 Å². The normalized spacial score (nSPS) is 13.3. The maximum Gasteiger partial charge on any atom is 0.212 e. The Morgan fingerprint density at radius 1 is 1.31 bits per heavy atom. The largest absolute Gasteiger partial charge is 0.497 e. The minimum Gasteiger partial charge on any atom is -0.497 e. The topological polar surface area (TPSA) is 52.0 Å². The zero-order valence-corrected chi connectivity index (χ0v) is 9.49. The number of hydrogen-bond acceptors (Lipinski definition) is 5. The average molecular weight is 234 g/mol. The second-order valence-corrected chi connectivity index (χ2v) is 4.26. The summed E-state index contributed by atoms with van der Waals surface area (Å²) in [5.41, 5.74) is 4.22. The molecule has 5 nitrogen and oxygen atoms in total. The molecule has 0 aliphatic carbocycles. The van der Waals surface area contributed by atoms with Crippen molar-refractivity contribution in [1.82, 2.24) is 14.9 Å². The van der Waals surface area contributed by atoms with Gasteiger partial charge in [-0.1, -0.05) is 11.8 Å². The molecule has 0 saturated carbocycles. The highest BCUT2D eigenvalue weighted by Crippen LogP contribution is 2.27. The summed E-state index contributed by atoms with van der Waals surface area (Å²) in [6.07, 6.45) is 0.